The van der Waals surface area contributed by atoms with Gasteiger partial charge >= 0.3 is 13.2 Å². The van der Waals surface area contributed by atoms with Crippen LogP contribution in [0, 0.1) is 0 Å². The lowest BCUT2D eigenvalue weighted by Crippen LogP contribution is -2.25. The zero-order valence-electron chi connectivity index (χ0n) is 16.3. The number of anilines is 1. The number of rotatable bonds is 10. The average Bonchev–Trinajstić information content (AvgIpc) is 3.50. The normalized spacial score (nSPS) is 14.2. The molecule has 12 heteroatoms. The largest absolute Gasteiger partial charge is 0.435 e. The molecule has 0 aliphatic heterocycles. The number of hydrogen-bond acceptors (Lipinski definition) is 5. The van der Waals surface area contributed by atoms with E-state index in [-0.39, 0.29) is 22.2 Å². The van der Waals surface area contributed by atoms with Gasteiger partial charge in [0.25, 0.3) is 0 Å². The van der Waals surface area contributed by atoms with Crippen LogP contribution in [0.1, 0.15) is 18.4 Å². The summed E-state index contributed by atoms with van der Waals surface area (Å²) in [5.41, 5.74) is 0.204. The Hall–Kier alpha value is -3.12. The highest BCUT2D eigenvalue weighted by Crippen LogP contribution is 2.29. The molecule has 0 bridgehead atoms. The van der Waals surface area contributed by atoms with Gasteiger partial charge < -0.3 is 14.8 Å². The maximum Gasteiger partial charge on any atom is 0.387 e. The Morgan fingerprint density at radius 2 is 1.75 bits per heavy atom. The first-order valence-corrected chi connectivity index (χ1v) is 10.8. The maximum atomic E-state index is 12.6. The molecule has 1 saturated carbocycles. The monoisotopic (exact) mass is 474 g/mol. The molecule has 0 atom stereocenters. The molecule has 0 aromatic heterocycles. The first-order chi connectivity index (χ1) is 15.1. The minimum atomic E-state index is -3.71. The van der Waals surface area contributed by atoms with E-state index in [9.17, 15) is 30.8 Å². The van der Waals surface area contributed by atoms with Gasteiger partial charge in [0.05, 0.1) is 4.90 Å². The molecule has 0 unspecified atom stereocenters. The Morgan fingerprint density at radius 1 is 1.03 bits per heavy atom. The van der Waals surface area contributed by atoms with Crippen molar-refractivity contribution in [2.24, 2.45) is 0 Å². The quantitative estimate of drug-likeness (QED) is 0.401. The first-order valence-electron chi connectivity index (χ1n) is 9.27. The first kappa shape index (κ1) is 23.5. The molecule has 7 nitrogen and oxygen atoms in total. The summed E-state index contributed by atoms with van der Waals surface area (Å²) >= 11 is 0. The summed E-state index contributed by atoms with van der Waals surface area (Å²) in [4.78, 5) is 12.2. The molecule has 0 spiro atoms. The molecule has 2 aromatic rings. The van der Waals surface area contributed by atoms with Crippen molar-refractivity contribution in [2.75, 3.05) is 5.32 Å². The molecule has 0 radical (unpaired) electrons. The van der Waals surface area contributed by atoms with E-state index < -0.39 is 40.7 Å². The van der Waals surface area contributed by atoms with Gasteiger partial charge in [-0.05, 0) is 49.2 Å². The van der Waals surface area contributed by atoms with E-state index in [0.29, 0.717) is 0 Å². The highest BCUT2D eigenvalue weighted by molar-refractivity contribution is 7.89. The number of amides is 1. The Bertz CT molecular complexity index is 1100. The second-order valence-electron chi connectivity index (χ2n) is 6.70. The molecule has 32 heavy (non-hydrogen) atoms. The van der Waals surface area contributed by atoms with Crippen molar-refractivity contribution in [2.45, 2.75) is 37.0 Å². The Balaban J connectivity index is 1.71. The van der Waals surface area contributed by atoms with E-state index >= 15 is 0 Å². The van der Waals surface area contributed by atoms with E-state index in [1.807, 2.05) is 0 Å². The third kappa shape index (κ3) is 6.95. The fourth-order valence-corrected chi connectivity index (χ4v) is 3.96. The van der Waals surface area contributed by atoms with Gasteiger partial charge in [-0.1, -0.05) is 6.07 Å². The Labute approximate surface area is 181 Å². The third-order valence-electron chi connectivity index (χ3n) is 4.15. The topological polar surface area (TPSA) is 93.7 Å². The standard InChI is InChI=1S/C20H18F4N2O5S/c21-19(22)30-15-8-4-12(17(11-15)31-20(23)24)5-9-18(27)25-14-2-1-3-16(10-14)32(28,29)26-13-6-7-13/h1-5,8-11,13,19-20,26H,6-7H2,(H,25,27)/b9-5+. The summed E-state index contributed by atoms with van der Waals surface area (Å²) in [5, 5.41) is 2.46. The van der Waals surface area contributed by atoms with Crippen molar-refractivity contribution in [1.82, 2.24) is 4.72 Å². The van der Waals surface area contributed by atoms with Gasteiger partial charge in [0, 0.05) is 29.4 Å². The molecule has 0 saturated heterocycles. The van der Waals surface area contributed by atoms with Crippen LogP contribution in [0.5, 0.6) is 11.5 Å². The van der Waals surface area contributed by atoms with Crippen LogP contribution in [0.15, 0.2) is 53.4 Å². The lowest BCUT2D eigenvalue weighted by molar-refractivity contribution is -0.111. The Morgan fingerprint density at radius 3 is 2.41 bits per heavy atom. The Kier molecular flexibility index (Phi) is 7.36. The number of nitrogens with one attached hydrogen (secondary N) is 2. The smallest absolute Gasteiger partial charge is 0.387 e. The molecular formula is C20H18F4N2O5S. The van der Waals surface area contributed by atoms with Gasteiger partial charge in [0.15, 0.2) is 0 Å². The minimum absolute atomic E-state index is 0.00651. The van der Waals surface area contributed by atoms with E-state index in [2.05, 4.69) is 19.5 Å². The lowest BCUT2D eigenvalue weighted by Gasteiger charge is -2.11. The number of halogens is 4. The maximum absolute atomic E-state index is 12.6. The van der Waals surface area contributed by atoms with Crippen LogP contribution in [0.4, 0.5) is 23.2 Å². The minimum Gasteiger partial charge on any atom is -0.435 e. The zero-order chi connectivity index (χ0) is 23.3. The number of benzene rings is 2. The van der Waals surface area contributed by atoms with Crippen molar-refractivity contribution < 1.29 is 40.2 Å². The summed E-state index contributed by atoms with van der Waals surface area (Å²) in [7, 11) is -3.71. The molecule has 1 fully saturated rings. The van der Waals surface area contributed by atoms with Crippen LogP contribution < -0.4 is 19.5 Å². The highest BCUT2D eigenvalue weighted by atomic mass is 32.2. The third-order valence-corrected chi connectivity index (χ3v) is 5.67. The molecule has 1 aliphatic rings. The predicted octanol–water partition coefficient (Wildman–Crippen LogP) is 3.98. The second kappa shape index (κ2) is 10.0. The van der Waals surface area contributed by atoms with Crippen LogP contribution >= 0.6 is 0 Å². The number of carbonyl (C=O) groups excluding carboxylic acids is 1. The summed E-state index contributed by atoms with van der Waals surface area (Å²) in [6.45, 7) is -6.38. The molecule has 0 heterocycles. The van der Waals surface area contributed by atoms with E-state index in [1.165, 1.54) is 24.3 Å². The van der Waals surface area contributed by atoms with Crippen LogP contribution in [-0.2, 0) is 14.8 Å². The SMILES string of the molecule is O=C(/C=C/c1ccc(OC(F)F)cc1OC(F)F)Nc1cccc(S(=O)(=O)NC2CC2)c1. The van der Waals surface area contributed by atoms with Crippen LogP contribution in [0.25, 0.3) is 6.08 Å². The predicted molar refractivity (Wildman–Crippen MR) is 107 cm³/mol. The second-order valence-corrected chi connectivity index (χ2v) is 8.42. The van der Waals surface area contributed by atoms with Gasteiger partial charge in [-0.15, -0.1) is 0 Å². The van der Waals surface area contributed by atoms with Crippen LogP contribution in [0.2, 0.25) is 0 Å². The van der Waals surface area contributed by atoms with Crippen molar-refractivity contribution in [3.63, 3.8) is 0 Å². The lowest BCUT2D eigenvalue weighted by atomic mass is 10.1. The summed E-state index contributed by atoms with van der Waals surface area (Å²) in [6.07, 6.45) is 3.67. The van der Waals surface area contributed by atoms with E-state index in [4.69, 9.17) is 0 Å². The molecule has 3 rings (SSSR count). The van der Waals surface area contributed by atoms with Crippen molar-refractivity contribution in [3.05, 3.63) is 54.1 Å². The summed E-state index contributed by atoms with van der Waals surface area (Å²) in [6, 6.07) is 8.62. The average molecular weight is 474 g/mol. The summed E-state index contributed by atoms with van der Waals surface area (Å²) < 4.78 is 85.4. The molecule has 2 aromatic carbocycles. The van der Waals surface area contributed by atoms with Crippen LogP contribution in [0.3, 0.4) is 0 Å². The summed E-state index contributed by atoms with van der Waals surface area (Å²) in [5.74, 6) is -1.55. The van der Waals surface area contributed by atoms with Gasteiger partial charge in [-0.25, -0.2) is 13.1 Å². The fourth-order valence-electron chi connectivity index (χ4n) is 2.61. The highest BCUT2D eigenvalue weighted by Gasteiger charge is 2.28. The van der Waals surface area contributed by atoms with Crippen molar-refractivity contribution >= 4 is 27.7 Å². The van der Waals surface area contributed by atoms with Gasteiger partial charge in [0.2, 0.25) is 15.9 Å². The zero-order valence-corrected chi connectivity index (χ0v) is 17.1. The van der Waals surface area contributed by atoms with Gasteiger partial charge in [-0.2, -0.15) is 17.6 Å². The molecular weight excluding hydrogens is 456 g/mol. The molecule has 1 amide bonds. The number of sulfonamides is 1. The van der Waals surface area contributed by atoms with Crippen molar-refractivity contribution in [3.8, 4) is 11.5 Å². The van der Waals surface area contributed by atoms with Crippen molar-refractivity contribution in [1.29, 1.82) is 0 Å². The number of hydrogen-bond donors (Lipinski definition) is 2. The van der Waals surface area contributed by atoms with E-state index in [1.54, 1.807) is 0 Å². The molecule has 1 aliphatic carbocycles. The number of ether oxygens (including phenoxy) is 2. The number of alkyl halides is 4. The van der Waals surface area contributed by atoms with Gasteiger partial charge in [-0.3, -0.25) is 4.79 Å². The van der Waals surface area contributed by atoms with Gasteiger partial charge in [0.1, 0.15) is 11.5 Å². The fraction of sp³-hybridized carbons (Fsp3) is 0.250. The van der Waals surface area contributed by atoms with E-state index in [0.717, 1.165) is 43.2 Å². The number of carbonyl (C=O) groups is 1. The molecule has 2 N–H and O–H groups in total. The van der Waals surface area contributed by atoms with Crippen LogP contribution in [-0.4, -0.2) is 33.6 Å². The molecule has 172 valence electrons.